The fourth-order valence-electron chi connectivity index (χ4n) is 6.51. The number of esters is 2. The molecule has 3 atom stereocenters. The first-order chi connectivity index (χ1) is 26.5. The monoisotopic (exact) mass is 786 g/mol. The van der Waals surface area contributed by atoms with Crippen molar-refractivity contribution in [3.63, 3.8) is 0 Å². The molecule has 1 amide bonds. The molecule has 0 unspecified atom stereocenters. The Morgan fingerprint density at radius 1 is 0.893 bits per heavy atom. The molecule has 0 radical (unpaired) electrons. The highest BCUT2D eigenvalue weighted by molar-refractivity contribution is 5.93. The minimum atomic E-state index is -2.42. The van der Waals surface area contributed by atoms with Gasteiger partial charge in [0, 0.05) is 32.3 Å². The first-order valence-corrected chi connectivity index (χ1v) is 20.6. The normalized spacial score (nSPS) is 16.3. The molecule has 0 aromatic heterocycles. The molecule has 0 bridgehead atoms. The molecule has 11 nitrogen and oxygen atoms in total. The number of aliphatic hydroxyl groups excluding tert-OH is 1. The molecule has 0 aliphatic carbocycles. The number of hydrogen-bond donors (Lipinski definition) is 3. The molecule has 1 saturated heterocycles. The molecule has 1 heterocycles. The van der Waals surface area contributed by atoms with Crippen molar-refractivity contribution in [3.8, 4) is 17.6 Å². The lowest BCUT2D eigenvalue weighted by atomic mass is 9.82. The molecule has 0 saturated carbocycles. The zero-order valence-corrected chi connectivity index (χ0v) is 35.5. The van der Waals surface area contributed by atoms with Gasteiger partial charge in [0.05, 0.1) is 19.1 Å². The third-order valence-corrected chi connectivity index (χ3v) is 9.38. The van der Waals surface area contributed by atoms with Crippen LogP contribution in [0.1, 0.15) is 144 Å². The van der Waals surface area contributed by atoms with E-state index in [0.29, 0.717) is 30.9 Å². The first kappa shape index (κ1) is 48.7. The van der Waals surface area contributed by atoms with E-state index in [1.807, 2.05) is 0 Å². The van der Waals surface area contributed by atoms with Crippen LogP contribution < -0.4 is 10.1 Å². The van der Waals surface area contributed by atoms with Gasteiger partial charge in [-0.25, -0.2) is 9.59 Å². The molecule has 1 aromatic rings. The lowest BCUT2D eigenvalue weighted by Crippen LogP contribution is -2.56. The van der Waals surface area contributed by atoms with Gasteiger partial charge < -0.3 is 39.2 Å². The van der Waals surface area contributed by atoms with Crippen LogP contribution in [0.3, 0.4) is 0 Å². The van der Waals surface area contributed by atoms with E-state index in [9.17, 15) is 24.6 Å². The Balaban J connectivity index is 2.22. The highest BCUT2D eigenvalue weighted by Crippen LogP contribution is 2.32. The topological polar surface area (TPSA) is 150 Å². The Kier molecular flexibility index (Phi) is 21.2. The number of nitrogens with one attached hydrogen (secondary N) is 1. The minimum Gasteiger partial charge on any atom is -0.481 e. The van der Waals surface area contributed by atoms with Crippen LogP contribution in [0.5, 0.6) is 5.75 Å². The Morgan fingerprint density at radius 2 is 1.48 bits per heavy atom. The van der Waals surface area contributed by atoms with Gasteiger partial charge in [0.15, 0.2) is 11.4 Å². The number of carbonyl (C=O) groups excluding carboxylic acids is 3. The average Bonchev–Trinajstić information content (AvgIpc) is 3.58. The number of ether oxygens (including phenoxy) is 5. The average molecular weight is 786 g/mol. The van der Waals surface area contributed by atoms with Crippen molar-refractivity contribution in [3.05, 3.63) is 42.0 Å². The molecule has 0 spiro atoms. The summed E-state index contributed by atoms with van der Waals surface area (Å²) in [5.74, 6) is 1.75. The van der Waals surface area contributed by atoms with E-state index in [4.69, 9.17) is 23.7 Å². The molecule has 56 heavy (non-hydrogen) atoms. The molecular weight excluding hydrogens is 714 g/mol. The molecule has 11 heteroatoms. The maximum absolute atomic E-state index is 14.2. The summed E-state index contributed by atoms with van der Waals surface area (Å²) < 4.78 is 29.0. The number of unbranched alkanes of at least 4 members (excludes halogenated alkanes) is 8. The Bertz CT molecular complexity index is 1410. The molecule has 1 aliphatic heterocycles. The third-order valence-electron chi connectivity index (χ3n) is 9.38. The summed E-state index contributed by atoms with van der Waals surface area (Å²) in [6.45, 7) is 15.0. The SMILES string of the molecule is CC#CCOc1ccc(C[C@H](NC(=O)[C@@H](/C=C/CCCCCCC2(CCCCCCC)OCCO2)[C@@](O)(CCO)C(=O)OC(C)(C)C)C(=O)OC(C)(C)C)cc1. The van der Waals surface area contributed by atoms with Crippen LogP contribution in [0, 0.1) is 17.8 Å². The Morgan fingerprint density at radius 3 is 2.04 bits per heavy atom. The van der Waals surface area contributed by atoms with Gasteiger partial charge in [-0.05, 0) is 91.8 Å². The van der Waals surface area contributed by atoms with Crippen molar-refractivity contribution in [1.29, 1.82) is 0 Å². The van der Waals surface area contributed by atoms with E-state index in [-0.39, 0.29) is 13.0 Å². The van der Waals surface area contributed by atoms with Gasteiger partial charge in [-0.15, -0.1) is 5.92 Å². The summed E-state index contributed by atoms with van der Waals surface area (Å²) in [4.78, 5) is 41.3. The van der Waals surface area contributed by atoms with Gasteiger partial charge in [-0.1, -0.05) is 75.7 Å². The molecule has 1 fully saturated rings. The zero-order valence-electron chi connectivity index (χ0n) is 35.5. The number of rotatable bonds is 25. The van der Waals surface area contributed by atoms with Crippen molar-refractivity contribution >= 4 is 17.8 Å². The number of benzene rings is 1. The second-order valence-electron chi connectivity index (χ2n) is 16.7. The zero-order chi connectivity index (χ0) is 41.7. The van der Waals surface area contributed by atoms with E-state index < -0.39 is 65.4 Å². The summed E-state index contributed by atoms with van der Waals surface area (Å²) >= 11 is 0. The number of hydrogen-bond acceptors (Lipinski definition) is 10. The summed E-state index contributed by atoms with van der Waals surface area (Å²) in [7, 11) is 0. The summed E-state index contributed by atoms with van der Waals surface area (Å²) in [5.41, 5.74) is -3.54. The van der Waals surface area contributed by atoms with Gasteiger partial charge in [0.1, 0.15) is 29.6 Å². The van der Waals surface area contributed by atoms with Crippen molar-refractivity contribution < 1.29 is 48.3 Å². The van der Waals surface area contributed by atoms with Crippen LogP contribution in [0.2, 0.25) is 0 Å². The molecule has 1 aliphatic rings. The van der Waals surface area contributed by atoms with Gasteiger partial charge in [-0.3, -0.25) is 4.79 Å². The van der Waals surface area contributed by atoms with Crippen molar-refractivity contribution in [2.24, 2.45) is 5.92 Å². The van der Waals surface area contributed by atoms with Gasteiger partial charge >= 0.3 is 11.9 Å². The van der Waals surface area contributed by atoms with Gasteiger partial charge in [-0.2, -0.15) is 0 Å². The van der Waals surface area contributed by atoms with Gasteiger partial charge in [0.2, 0.25) is 5.91 Å². The lowest BCUT2D eigenvalue weighted by Gasteiger charge is -2.35. The van der Waals surface area contributed by atoms with Crippen LogP contribution in [0.15, 0.2) is 36.4 Å². The Hall–Kier alpha value is -3.43. The summed E-state index contributed by atoms with van der Waals surface area (Å²) in [6, 6.07) is 5.89. The van der Waals surface area contributed by atoms with Crippen LogP contribution >= 0.6 is 0 Å². The van der Waals surface area contributed by atoms with Crippen molar-refractivity contribution in [2.45, 2.75) is 174 Å². The smallest absolute Gasteiger partial charge is 0.339 e. The molecular formula is C45H71NO10. The molecule has 316 valence electrons. The highest BCUT2D eigenvalue weighted by Gasteiger charge is 2.49. The van der Waals surface area contributed by atoms with Crippen LogP contribution in [0.25, 0.3) is 0 Å². The maximum Gasteiger partial charge on any atom is 0.339 e. The standard InChI is InChI=1S/C45H71NO10/c1-9-11-13-17-20-27-44(53-32-33-54-44)28-21-18-15-14-16-19-22-37(45(51,29-30-47)41(50)56-43(6,7)8)39(48)46-38(40(49)55-42(3,4)5)34-35-23-25-36(26-24-35)52-31-12-10-2/h19,22-26,37-38,47,51H,9,11,13-18,20-21,27-34H2,1-8H3,(H,46,48)/b22-19+/t37-,38+,45+/m1/s1. The predicted molar refractivity (Wildman–Crippen MR) is 218 cm³/mol. The lowest BCUT2D eigenvalue weighted by molar-refractivity contribution is -0.185. The summed E-state index contributed by atoms with van der Waals surface area (Å²) in [5, 5.41) is 24.7. The number of aliphatic hydroxyl groups is 2. The van der Waals surface area contributed by atoms with Crippen LogP contribution in [-0.2, 0) is 39.8 Å². The van der Waals surface area contributed by atoms with Crippen LogP contribution in [0.4, 0.5) is 0 Å². The number of allylic oxidation sites excluding steroid dienone is 1. The molecule has 3 N–H and O–H groups in total. The van der Waals surface area contributed by atoms with Crippen LogP contribution in [-0.4, -0.2) is 83.1 Å². The van der Waals surface area contributed by atoms with E-state index in [0.717, 1.165) is 44.9 Å². The second kappa shape index (κ2) is 24.4. The van der Waals surface area contributed by atoms with E-state index in [1.165, 1.54) is 31.8 Å². The fraction of sp³-hybridized carbons (Fsp3) is 0.711. The predicted octanol–water partition coefficient (Wildman–Crippen LogP) is 7.53. The first-order valence-electron chi connectivity index (χ1n) is 20.6. The minimum absolute atomic E-state index is 0.0627. The van der Waals surface area contributed by atoms with E-state index in [2.05, 4.69) is 24.1 Å². The maximum atomic E-state index is 14.2. The number of amides is 1. The highest BCUT2D eigenvalue weighted by atomic mass is 16.7. The van der Waals surface area contributed by atoms with E-state index in [1.54, 1.807) is 78.8 Å². The third kappa shape index (κ3) is 18.2. The fourth-order valence-corrected chi connectivity index (χ4v) is 6.51. The second-order valence-corrected chi connectivity index (χ2v) is 16.7. The number of carbonyl (C=O) groups is 3. The Labute approximate surface area is 336 Å². The van der Waals surface area contributed by atoms with Crippen molar-refractivity contribution in [1.82, 2.24) is 5.32 Å². The van der Waals surface area contributed by atoms with Crippen molar-refractivity contribution in [2.75, 3.05) is 26.4 Å². The largest absolute Gasteiger partial charge is 0.481 e. The van der Waals surface area contributed by atoms with Gasteiger partial charge in [0.25, 0.3) is 0 Å². The summed E-state index contributed by atoms with van der Waals surface area (Å²) in [6.07, 6.45) is 14.9. The molecule has 2 rings (SSSR count). The molecule has 1 aromatic carbocycles. The van der Waals surface area contributed by atoms with E-state index >= 15 is 0 Å². The quantitative estimate of drug-likeness (QED) is 0.0393.